The van der Waals surface area contributed by atoms with Crippen LogP contribution >= 0.6 is 11.6 Å². The Morgan fingerprint density at radius 1 is 1.03 bits per heavy atom. The SMILES string of the molecule is O=[N+]([O-])c1ccc(C2CC(c3ccccc3C(F)(F)F)=NN2c2cccc(Cl)c2)cc1. The van der Waals surface area contributed by atoms with E-state index < -0.39 is 22.7 Å². The normalized spacial score (nSPS) is 16.3. The lowest BCUT2D eigenvalue weighted by atomic mass is 9.95. The van der Waals surface area contributed by atoms with E-state index in [-0.39, 0.29) is 23.4 Å². The maximum atomic E-state index is 13.6. The summed E-state index contributed by atoms with van der Waals surface area (Å²) in [4.78, 5) is 10.5. The third kappa shape index (κ3) is 4.25. The smallest absolute Gasteiger partial charge is 0.258 e. The van der Waals surface area contributed by atoms with Crippen LogP contribution in [-0.4, -0.2) is 10.6 Å². The van der Waals surface area contributed by atoms with E-state index in [0.717, 1.165) is 6.07 Å². The number of non-ortho nitro benzene ring substituents is 1. The first kappa shape index (κ1) is 20.9. The molecule has 0 bridgehead atoms. The van der Waals surface area contributed by atoms with Gasteiger partial charge in [-0.3, -0.25) is 15.1 Å². The first-order chi connectivity index (χ1) is 14.7. The predicted molar refractivity (Wildman–Crippen MR) is 112 cm³/mol. The van der Waals surface area contributed by atoms with Gasteiger partial charge in [0.25, 0.3) is 5.69 Å². The van der Waals surface area contributed by atoms with E-state index in [4.69, 9.17) is 11.6 Å². The minimum absolute atomic E-state index is 0.00596. The highest BCUT2D eigenvalue weighted by Gasteiger charge is 2.37. The molecule has 0 aromatic heterocycles. The highest BCUT2D eigenvalue weighted by atomic mass is 35.5. The van der Waals surface area contributed by atoms with Gasteiger partial charge in [0, 0.05) is 29.1 Å². The highest BCUT2D eigenvalue weighted by Crippen LogP contribution is 2.40. The second kappa shape index (κ2) is 8.03. The molecule has 3 aromatic carbocycles. The number of hydrazone groups is 1. The summed E-state index contributed by atoms with van der Waals surface area (Å²) < 4.78 is 40.7. The number of rotatable bonds is 4. The quantitative estimate of drug-likeness (QED) is 0.335. The molecule has 31 heavy (non-hydrogen) atoms. The molecule has 158 valence electrons. The van der Waals surface area contributed by atoms with Crippen LogP contribution in [0.3, 0.4) is 0 Å². The van der Waals surface area contributed by atoms with Crippen molar-refractivity contribution in [1.29, 1.82) is 0 Å². The molecular weight excluding hydrogens is 431 g/mol. The zero-order chi connectivity index (χ0) is 22.2. The molecule has 3 aromatic rings. The lowest BCUT2D eigenvalue weighted by molar-refractivity contribution is -0.384. The Bertz CT molecular complexity index is 1160. The Kier molecular flexibility index (Phi) is 5.41. The average molecular weight is 446 g/mol. The molecule has 0 radical (unpaired) electrons. The van der Waals surface area contributed by atoms with E-state index in [1.165, 1.54) is 30.3 Å². The van der Waals surface area contributed by atoms with E-state index in [1.807, 2.05) is 0 Å². The van der Waals surface area contributed by atoms with Crippen LogP contribution in [0, 0.1) is 10.1 Å². The second-order valence-corrected chi connectivity index (χ2v) is 7.42. The number of alkyl halides is 3. The summed E-state index contributed by atoms with van der Waals surface area (Å²) in [7, 11) is 0. The molecule has 4 rings (SSSR count). The summed E-state index contributed by atoms with van der Waals surface area (Å²) in [6.45, 7) is 0. The van der Waals surface area contributed by atoms with Crippen LogP contribution in [0.15, 0.2) is 77.9 Å². The molecule has 0 saturated carbocycles. The summed E-state index contributed by atoms with van der Waals surface area (Å²) in [6.07, 6.45) is -4.33. The van der Waals surface area contributed by atoms with Gasteiger partial charge in [-0.2, -0.15) is 18.3 Å². The molecule has 1 atom stereocenters. The Balaban J connectivity index is 1.79. The standard InChI is InChI=1S/C22H15ClF3N3O2/c23-15-4-3-5-17(12-15)28-21(14-8-10-16(11-9-14)29(30)31)13-20(27-28)18-6-1-2-7-19(18)22(24,25)26/h1-12,21H,13H2. The molecule has 1 aliphatic heterocycles. The van der Waals surface area contributed by atoms with Crippen molar-refractivity contribution in [3.63, 3.8) is 0 Å². The zero-order valence-electron chi connectivity index (χ0n) is 15.9. The van der Waals surface area contributed by atoms with Crippen molar-refractivity contribution in [1.82, 2.24) is 0 Å². The lowest BCUT2D eigenvalue weighted by Gasteiger charge is -2.24. The molecule has 0 N–H and O–H groups in total. The number of nitro benzene ring substituents is 1. The largest absolute Gasteiger partial charge is 0.417 e. The number of nitrogens with zero attached hydrogens (tertiary/aromatic N) is 3. The third-order valence-corrected chi connectivity index (χ3v) is 5.25. The van der Waals surface area contributed by atoms with Gasteiger partial charge in [-0.1, -0.05) is 48.0 Å². The molecule has 0 aliphatic carbocycles. The van der Waals surface area contributed by atoms with Gasteiger partial charge in [0.1, 0.15) is 0 Å². The molecule has 1 unspecified atom stereocenters. The minimum Gasteiger partial charge on any atom is -0.258 e. The van der Waals surface area contributed by atoms with Crippen LogP contribution in [0.25, 0.3) is 0 Å². The predicted octanol–water partition coefficient (Wildman–Crippen LogP) is 6.62. The van der Waals surface area contributed by atoms with Gasteiger partial charge in [0.05, 0.1) is 27.9 Å². The van der Waals surface area contributed by atoms with E-state index in [2.05, 4.69) is 5.10 Å². The van der Waals surface area contributed by atoms with Crippen LogP contribution in [-0.2, 0) is 6.18 Å². The van der Waals surface area contributed by atoms with Gasteiger partial charge in [-0.25, -0.2) is 0 Å². The topological polar surface area (TPSA) is 58.7 Å². The van der Waals surface area contributed by atoms with Crippen LogP contribution in [0.5, 0.6) is 0 Å². The van der Waals surface area contributed by atoms with Crippen LogP contribution in [0.2, 0.25) is 5.02 Å². The summed E-state index contributed by atoms with van der Waals surface area (Å²) in [5.74, 6) is 0. The van der Waals surface area contributed by atoms with Crippen LogP contribution in [0.4, 0.5) is 24.5 Å². The molecular formula is C22H15ClF3N3O2. The van der Waals surface area contributed by atoms with Crippen LogP contribution < -0.4 is 5.01 Å². The van der Waals surface area contributed by atoms with Gasteiger partial charge >= 0.3 is 6.18 Å². The number of anilines is 1. The molecule has 0 amide bonds. The van der Waals surface area contributed by atoms with Crippen molar-refractivity contribution in [3.8, 4) is 0 Å². The third-order valence-electron chi connectivity index (χ3n) is 5.02. The first-order valence-corrected chi connectivity index (χ1v) is 9.65. The monoisotopic (exact) mass is 445 g/mol. The second-order valence-electron chi connectivity index (χ2n) is 6.98. The van der Waals surface area contributed by atoms with E-state index in [9.17, 15) is 23.3 Å². The Morgan fingerprint density at radius 2 is 1.74 bits per heavy atom. The zero-order valence-corrected chi connectivity index (χ0v) is 16.6. The molecule has 9 heteroatoms. The molecule has 1 aliphatic rings. The molecule has 0 saturated heterocycles. The minimum atomic E-state index is -4.52. The number of nitro groups is 1. The lowest BCUT2D eigenvalue weighted by Crippen LogP contribution is -2.18. The molecule has 0 fully saturated rings. The van der Waals surface area contributed by atoms with Gasteiger partial charge in [-0.05, 0) is 29.8 Å². The fraction of sp³-hybridized carbons (Fsp3) is 0.136. The first-order valence-electron chi connectivity index (χ1n) is 9.27. The molecule has 5 nitrogen and oxygen atoms in total. The Morgan fingerprint density at radius 3 is 2.39 bits per heavy atom. The van der Waals surface area contributed by atoms with Crippen molar-refractivity contribution in [2.75, 3.05) is 5.01 Å². The maximum Gasteiger partial charge on any atom is 0.417 e. The van der Waals surface area contributed by atoms with Crippen molar-refractivity contribution < 1.29 is 18.1 Å². The number of hydrogen-bond acceptors (Lipinski definition) is 4. The highest BCUT2D eigenvalue weighted by molar-refractivity contribution is 6.30. The maximum absolute atomic E-state index is 13.6. The van der Waals surface area contributed by atoms with E-state index in [1.54, 1.807) is 41.4 Å². The number of benzene rings is 3. The summed E-state index contributed by atoms with van der Waals surface area (Å²) in [5, 5.41) is 17.6. The van der Waals surface area contributed by atoms with Crippen molar-refractivity contribution in [2.45, 2.75) is 18.6 Å². The Labute approximate surface area is 180 Å². The van der Waals surface area contributed by atoms with Gasteiger partial charge in [0.15, 0.2) is 0 Å². The fourth-order valence-corrected chi connectivity index (χ4v) is 3.77. The fourth-order valence-electron chi connectivity index (χ4n) is 3.59. The van der Waals surface area contributed by atoms with Gasteiger partial charge < -0.3 is 0 Å². The van der Waals surface area contributed by atoms with Crippen molar-refractivity contribution in [3.05, 3.63) is 105 Å². The van der Waals surface area contributed by atoms with Crippen molar-refractivity contribution >= 4 is 28.7 Å². The molecule has 0 spiro atoms. The van der Waals surface area contributed by atoms with Crippen molar-refractivity contribution in [2.24, 2.45) is 5.10 Å². The summed E-state index contributed by atoms with van der Waals surface area (Å²) in [6, 6.07) is 17.6. The average Bonchev–Trinajstić information content (AvgIpc) is 3.18. The number of halogens is 4. The van der Waals surface area contributed by atoms with Crippen LogP contribution in [0.1, 0.15) is 29.2 Å². The summed E-state index contributed by atoms with van der Waals surface area (Å²) >= 11 is 6.11. The Hall–Kier alpha value is -3.39. The van der Waals surface area contributed by atoms with E-state index >= 15 is 0 Å². The number of hydrogen-bond donors (Lipinski definition) is 0. The van der Waals surface area contributed by atoms with Gasteiger partial charge in [0.2, 0.25) is 0 Å². The van der Waals surface area contributed by atoms with Gasteiger partial charge in [-0.15, -0.1) is 0 Å². The van der Waals surface area contributed by atoms with E-state index in [0.29, 0.717) is 16.3 Å². The summed E-state index contributed by atoms with van der Waals surface area (Å²) in [5.41, 5.74) is 0.746. The molecule has 1 heterocycles.